The van der Waals surface area contributed by atoms with Crippen LogP contribution >= 0.6 is 0 Å². The standard InChI is InChI=1S/C12H13FN2O4S/c13-11-5-4-10(7-8(11)1-6-12(16)17)15-20(18,19)14-9-2-3-9/h1,4-7,9,14-15H,2-3H2,(H,16,17)/b6-1+. The molecule has 108 valence electrons. The molecule has 3 N–H and O–H groups in total. The lowest BCUT2D eigenvalue weighted by molar-refractivity contribution is -0.131. The fraction of sp³-hybridized carbons (Fsp3) is 0.250. The van der Waals surface area contributed by atoms with Gasteiger partial charge in [-0.3, -0.25) is 4.72 Å². The Morgan fingerprint density at radius 2 is 2.10 bits per heavy atom. The third-order valence-electron chi connectivity index (χ3n) is 2.55. The Hall–Kier alpha value is -1.93. The Kier molecular flexibility index (Phi) is 4.05. The Morgan fingerprint density at radius 1 is 1.40 bits per heavy atom. The van der Waals surface area contributed by atoms with E-state index in [-0.39, 0.29) is 17.3 Å². The molecule has 0 amide bonds. The Morgan fingerprint density at radius 3 is 2.70 bits per heavy atom. The highest BCUT2D eigenvalue weighted by atomic mass is 32.2. The van der Waals surface area contributed by atoms with Gasteiger partial charge in [0.2, 0.25) is 0 Å². The number of carbonyl (C=O) groups is 1. The molecule has 1 aromatic rings. The van der Waals surface area contributed by atoms with Crippen LogP contribution in [0.15, 0.2) is 24.3 Å². The van der Waals surface area contributed by atoms with Crippen molar-refractivity contribution in [2.24, 2.45) is 0 Å². The molecule has 0 bridgehead atoms. The van der Waals surface area contributed by atoms with Crippen LogP contribution in [0, 0.1) is 5.82 Å². The predicted octanol–water partition coefficient (Wildman–Crippen LogP) is 1.33. The second-order valence-electron chi connectivity index (χ2n) is 4.41. The van der Waals surface area contributed by atoms with Gasteiger partial charge >= 0.3 is 5.97 Å². The molecule has 0 atom stereocenters. The summed E-state index contributed by atoms with van der Waals surface area (Å²) in [6.45, 7) is 0. The van der Waals surface area contributed by atoms with Crippen molar-refractivity contribution in [2.45, 2.75) is 18.9 Å². The van der Waals surface area contributed by atoms with Crippen molar-refractivity contribution in [3.05, 3.63) is 35.7 Å². The maximum atomic E-state index is 13.4. The predicted molar refractivity (Wildman–Crippen MR) is 71.8 cm³/mol. The zero-order chi connectivity index (χ0) is 14.8. The molecule has 1 aliphatic rings. The van der Waals surface area contributed by atoms with Crippen molar-refractivity contribution in [3.8, 4) is 0 Å². The topological polar surface area (TPSA) is 95.5 Å². The molecule has 1 aromatic carbocycles. The number of carboxylic acids is 1. The fourth-order valence-corrected chi connectivity index (χ4v) is 2.67. The van der Waals surface area contributed by atoms with Crippen molar-refractivity contribution < 1.29 is 22.7 Å². The van der Waals surface area contributed by atoms with E-state index in [1.807, 2.05) is 0 Å². The highest BCUT2D eigenvalue weighted by molar-refractivity contribution is 7.90. The summed E-state index contributed by atoms with van der Waals surface area (Å²) >= 11 is 0. The van der Waals surface area contributed by atoms with Crippen LogP contribution < -0.4 is 9.44 Å². The number of halogens is 1. The van der Waals surface area contributed by atoms with E-state index in [1.165, 1.54) is 12.1 Å². The van der Waals surface area contributed by atoms with Gasteiger partial charge in [0.1, 0.15) is 5.82 Å². The number of rotatable bonds is 6. The Labute approximate surface area is 115 Å². The number of aliphatic carboxylic acids is 1. The van der Waals surface area contributed by atoms with Crippen LogP contribution in [0.1, 0.15) is 18.4 Å². The molecule has 0 heterocycles. The molecule has 0 aliphatic heterocycles. The van der Waals surface area contributed by atoms with Crippen LogP contribution in [0.5, 0.6) is 0 Å². The van der Waals surface area contributed by atoms with Gasteiger partial charge in [-0.2, -0.15) is 13.1 Å². The summed E-state index contributed by atoms with van der Waals surface area (Å²) in [4.78, 5) is 10.4. The van der Waals surface area contributed by atoms with Crippen LogP contribution in [0.4, 0.5) is 10.1 Å². The third kappa shape index (κ3) is 4.32. The first-order valence-electron chi connectivity index (χ1n) is 5.86. The van der Waals surface area contributed by atoms with Crippen LogP contribution in [-0.2, 0) is 15.0 Å². The minimum atomic E-state index is -3.70. The Bertz CT molecular complexity index is 653. The van der Waals surface area contributed by atoms with Crippen LogP contribution in [0.2, 0.25) is 0 Å². The smallest absolute Gasteiger partial charge is 0.328 e. The SMILES string of the molecule is O=C(O)/C=C/c1cc(NS(=O)(=O)NC2CC2)ccc1F. The summed E-state index contributed by atoms with van der Waals surface area (Å²) in [5.74, 6) is -1.86. The van der Waals surface area contributed by atoms with Gasteiger partial charge in [-0.15, -0.1) is 0 Å². The van der Waals surface area contributed by atoms with Gasteiger partial charge in [0, 0.05) is 17.7 Å². The summed E-state index contributed by atoms with van der Waals surface area (Å²) in [7, 11) is -3.70. The second kappa shape index (κ2) is 5.59. The lowest BCUT2D eigenvalue weighted by Crippen LogP contribution is -2.31. The zero-order valence-corrected chi connectivity index (χ0v) is 11.2. The van der Waals surface area contributed by atoms with E-state index in [1.54, 1.807) is 0 Å². The first-order valence-corrected chi connectivity index (χ1v) is 7.35. The van der Waals surface area contributed by atoms with Gasteiger partial charge in [-0.25, -0.2) is 9.18 Å². The lowest BCUT2D eigenvalue weighted by Gasteiger charge is -2.09. The van der Waals surface area contributed by atoms with Gasteiger partial charge in [0.25, 0.3) is 10.2 Å². The molecule has 1 saturated carbocycles. The number of hydrogen-bond acceptors (Lipinski definition) is 3. The van der Waals surface area contributed by atoms with Gasteiger partial charge < -0.3 is 5.11 Å². The summed E-state index contributed by atoms with van der Waals surface area (Å²) in [5.41, 5.74) is 0.142. The molecule has 0 aromatic heterocycles. The first kappa shape index (κ1) is 14.5. The van der Waals surface area contributed by atoms with Crippen molar-refractivity contribution in [1.29, 1.82) is 0 Å². The zero-order valence-electron chi connectivity index (χ0n) is 10.3. The highest BCUT2D eigenvalue weighted by Gasteiger charge is 2.26. The monoisotopic (exact) mass is 300 g/mol. The van der Waals surface area contributed by atoms with E-state index in [0.717, 1.165) is 31.1 Å². The molecule has 1 aliphatic carbocycles. The van der Waals surface area contributed by atoms with Crippen LogP contribution in [0.3, 0.4) is 0 Å². The summed E-state index contributed by atoms with van der Waals surface area (Å²) in [5, 5.41) is 8.50. The average Bonchev–Trinajstić information content (AvgIpc) is 3.12. The van der Waals surface area contributed by atoms with E-state index < -0.39 is 22.0 Å². The van der Waals surface area contributed by atoms with Crippen molar-refractivity contribution in [3.63, 3.8) is 0 Å². The minimum Gasteiger partial charge on any atom is -0.478 e. The van der Waals surface area contributed by atoms with Gasteiger partial charge in [-0.05, 0) is 37.1 Å². The molecule has 0 unspecified atom stereocenters. The molecule has 8 heteroatoms. The minimum absolute atomic E-state index is 0.0148. The van der Waals surface area contributed by atoms with Crippen LogP contribution in [0.25, 0.3) is 6.08 Å². The Balaban J connectivity index is 2.16. The maximum absolute atomic E-state index is 13.4. The number of nitrogens with one attached hydrogen (secondary N) is 2. The van der Waals surface area contributed by atoms with E-state index in [9.17, 15) is 17.6 Å². The average molecular weight is 300 g/mol. The molecular weight excluding hydrogens is 287 g/mol. The van der Waals surface area contributed by atoms with E-state index in [0.29, 0.717) is 0 Å². The normalized spacial score (nSPS) is 15.4. The molecule has 0 radical (unpaired) electrons. The molecule has 2 rings (SSSR count). The fourth-order valence-electron chi connectivity index (χ4n) is 1.50. The quantitative estimate of drug-likeness (QED) is 0.691. The molecule has 0 saturated heterocycles. The van der Waals surface area contributed by atoms with Gasteiger partial charge in [0.15, 0.2) is 0 Å². The number of anilines is 1. The summed E-state index contributed by atoms with van der Waals surface area (Å²) < 4.78 is 41.5. The van der Waals surface area contributed by atoms with Crippen molar-refractivity contribution in [2.75, 3.05) is 4.72 Å². The summed E-state index contributed by atoms with van der Waals surface area (Å²) in [6.07, 6.45) is 3.44. The molecule has 0 spiro atoms. The largest absolute Gasteiger partial charge is 0.478 e. The number of hydrogen-bond donors (Lipinski definition) is 3. The van der Waals surface area contributed by atoms with E-state index in [4.69, 9.17) is 5.11 Å². The first-order chi connectivity index (χ1) is 9.35. The lowest BCUT2D eigenvalue weighted by atomic mass is 10.2. The molecule has 1 fully saturated rings. The van der Waals surface area contributed by atoms with Crippen molar-refractivity contribution in [1.82, 2.24) is 4.72 Å². The summed E-state index contributed by atoms with van der Waals surface area (Å²) in [6, 6.07) is 3.51. The van der Waals surface area contributed by atoms with E-state index >= 15 is 0 Å². The third-order valence-corrected chi connectivity index (χ3v) is 3.70. The van der Waals surface area contributed by atoms with Gasteiger partial charge in [0.05, 0.1) is 5.69 Å². The number of carboxylic acid groups (broad SMARTS) is 1. The highest BCUT2D eigenvalue weighted by Crippen LogP contribution is 2.21. The maximum Gasteiger partial charge on any atom is 0.328 e. The van der Waals surface area contributed by atoms with Crippen LogP contribution in [-0.4, -0.2) is 25.5 Å². The molecule has 6 nitrogen and oxygen atoms in total. The molecule has 20 heavy (non-hydrogen) atoms. The second-order valence-corrected chi connectivity index (χ2v) is 5.85. The van der Waals surface area contributed by atoms with Crippen molar-refractivity contribution >= 4 is 27.9 Å². The van der Waals surface area contributed by atoms with E-state index in [2.05, 4.69) is 9.44 Å². The van der Waals surface area contributed by atoms with Gasteiger partial charge in [-0.1, -0.05) is 0 Å². The number of benzene rings is 1. The molecular formula is C12H13FN2O4S.